The number of carbonyl (C=O) groups excluding carboxylic acids is 1. The summed E-state index contributed by atoms with van der Waals surface area (Å²) in [6.45, 7) is 2.17. The minimum absolute atomic E-state index is 0.104. The number of nitrogens with zero attached hydrogens (tertiary/aromatic N) is 2. The van der Waals surface area contributed by atoms with E-state index >= 15 is 0 Å². The molecule has 0 bridgehead atoms. The van der Waals surface area contributed by atoms with Crippen LogP contribution in [0.1, 0.15) is 17.3 Å². The average Bonchev–Trinajstić information content (AvgIpc) is 2.62. The van der Waals surface area contributed by atoms with Gasteiger partial charge in [-0.15, -0.1) is 0 Å². The lowest BCUT2D eigenvalue weighted by molar-refractivity contribution is -0.657. The highest BCUT2D eigenvalue weighted by Crippen LogP contribution is 2.28. The van der Waals surface area contributed by atoms with E-state index in [0.717, 1.165) is 10.9 Å². The van der Waals surface area contributed by atoms with Gasteiger partial charge in [0.25, 0.3) is 0 Å². The van der Waals surface area contributed by atoms with Crippen LogP contribution in [0.5, 0.6) is 5.75 Å². The number of pyridine rings is 1. The van der Waals surface area contributed by atoms with Gasteiger partial charge in [-0.05, 0) is 31.2 Å². The first kappa shape index (κ1) is 16.6. The van der Waals surface area contributed by atoms with Gasteiger partial charge in [0.2, 0.25) is 17.8 Å². The zero-order chi connectivity index (χ0) is 17.8. The van der Waals surface area contributed by atoms with Gasteiger partial charge in [0.15, 0.2) is 11.9 Å². The Bertz CT molecular complexity index is 948. The fourth-order valence-corrected chi connectivity index (χ4v) is 2.72. The van der Waals surface area contributed by atoms with Crippen molar-refractivity contribution in [2.24, 2.45) is 0 Å². The van der Waals surface area contributed by atoms with E-state index in [-0.39, 0.29) is 29.3 Å². The first-order chi connectivity index (χ1) is 12.1. The predicted molar refractivity (Wildman–Crippen MR) is 92.7 cm³/mol. The largest absolute Gasteiger partial charge is 0.487 e. The molecule has 0 amide bonds. The molecule has 0 atom stereocenters. The van der Waals surface area contributed by atoms with Gasteiger partial charge in [0, 0.05) is 29.1 Å². The van der Waals surface area contributed by atoms with Crippen molar-refractivity contribution in [1.29, 1.82) is 0 Å². The summed E-state index contributed by atoms with van der Waals surface area (Å²) in [6.07, 6.45) is 1.82. The average molecular weight is 337 g/mol. The molecule has 0 saturated carbocycles. The maximum absolute atomic E-state index is 12.6. The number of nitro groups is 1. The molecular weight excluding hydrogens is 320 g/mol. The number of ketones is 1. The summed E-state index contributed by atoms with van der Waals surface area (Å²) in [5.74, 6) is -0.0330. The van der Waals surface area contributed by atoms with E-state index in [0.29, 0.717) is 6.61 Å². The van der Waals surface area contributed by atoms with Crippen LogP contribution in [0.25, 0.3) is 10.9 Å². The van der Waals surface area contributed by atoms with E-state index in [9.17, 15) is 14.9 Å². The maximum Gasteiger partial charge on any atom is 0.311 e. The zero-order valence-corrected chi connectivity index (χ0v) is 13.7. The van der Waals surface area contributed by atoms with Crippen molar-refractivity contribution in [1.82, 2.24) is 0 Å². The Balaban J connectivity index is 1.93. The van der Waals surface area contributed by atoms with Gasteiger partial charge in [-0.1, -0.05) is 12.1 Å². The molecule has 0 aliphatic rings. The summed E-state index contributed by atoms with van der Waals surface area (Å²) in [5, 5.41) is 12.2. The van der Waals surface area contributed by atoms with Crippen LogP contribution < -0.4 is 9.30 Å². The summed E-state index contributed by atoms with van der Waals surface area (Å²) in [4.78, 5) is 23.3. The van der Waals surface area contributed by atoms with Crippen LogP contribution in [-0.2, 0) is 6.54 Å². The lowest BCUT2D eigenvalue weighted by Crippen LogP contribution is -2.38. The monoisotopic (exact) mass is 337 g/mol. The normalized spacial score (nSPS) is 10.6. The molecule has 126 valence electrons. The first-order valence-electron chi connectivity index (χ1n) is 7.92. The fourth-order valence-electron chi connectivity index (χ4n) is 2.72. The van der Waals surface area contributed by atoms with Crippen molar-refractivity contribution in [2.75, 3.05) is 6.61 Å². The summed E-state index contributed by atoms with van der Waals surface area (Å²) < 4.78 is 7.08. The van der Waals surface area contributed by atoms with Gasteiger partial charge in [0.05, 0.1) is 11.5 Å². The van der Waals surface area contributed by atoms with Gasteiger partial charge in [-0.3, -0.25) is 14.9 Å². The van der Waals surface area contributed by atoms with Gasteiger partial charge in [0.1, 0.15) is 0 Å². The maximum atomic E-state index is 12.6. The first-order valence-corrected chi connectivity index (χ1v) is 7.92. The quantitative estimate of drug-likeness (QED) is 0.299. The molecule has 0 unspecified atom stereocenters. The van der Waals surface area contributed by atoms with Crippen molar-refractivity contribution in [3.05, 3.63) is 76.5 Å². The Morgan fingerprint density at radius 1 is 1.16 bits per heavy atom. The number of nitro benzene ring substituents is 1. The molecule has 3 rings (SSSR count). The number of hydrogen-bond donors (Lipinski definition) is 0. The number of Topliss-reactive ketones (excluding diaryl/α,β-unsaturated/α-hetero) is 1. The minimum Gasteiger partial charge on any atom is -0.487 e. The number of ether oxygens (including phenoxy) is 1. The van der Waals surface area contributed by atoms with Gasteiger partial charge < -0.3 is 4.74 Å². The van der Waals surface area contributed by atoms with Crippen LogP contribution in [0, 0.1) is 10.1 Å². The Labute approximate surface area is 144 Å². The van der Waals surface area contributed by atoms with Crippen molar-refractivity contribution in [3.63, 3.8) is 0 Å². The molecular formula is C19H17N2O4+. The van der Waals surface area contributed by atoms with Crippen molar-refractivity contribution >= 4 is 22.4 Å². The lowest BCUT2D eigenvalue weighted by Gasteiger charge is -2.06. The van der Waals surface area contributed by atoms with Crippen molar-refractivity contribution in [3.8, 4) is 5.75 Å². The molecule has 0 spiro atoms. The van der Waals surface area contributed by atoms with Gasteiger partial charge >= 0.3 is 5.69 Å². The smallest absolute Gasteiger partial charge is 0.311 e. The van der Waals surface area contributed by atoms with E-state index in [4.69, 9.17) is 4.74 Å². The second kappa shape index (κ2) is 7.09. The summed E-state index contributed by atoms with van der Waals surface area (Å²) in [6, 6.07) is 15.9. The summed E-state index contributed by atoms with van der Waals surface area (Å²) in [5.41, 5.74) is 1.02. The number of fused-ring (bicyclic) bond motifs is 1. The highest BCUT2D eigenvalue weighted by molar-refractivity contribution is 5.96. The minimum atomic E-state index is -0.535. The summed E-state index contributed by atoms with van der Waals surface area (Å²) >= 11 is 0. The molecule has 0 aliphatic carbocycles. The van der Waals surface area contributed by atoms with Crippen LogP contribution in [0.15, 0.2) is 60.8 Å². The molecule has 0 radical (unpaired) electrons. The van der Waals surface area contributed by atoms with E-state index in [1.54, 1.807) is 13.0 Å². The molecule has 0 N–H and O–H groups in total. The molecule has 6 nitrogen and oxygen atoms in total. The van der Waals surface area contributed by atoms with Crippen LogP contribution in [-0.4, -0.2) is 17.3 Å². The second-order valence-electron chi connectivity index (χ2n) is 5.49. The number of carbonyl (C=O) groups is 1. The third kappa shape index (κ3) is 3.47. The van der Waals surface area contributed by atoms with E-state index < -0.39 is 4.92 Å². The number of para-hydroxylation sites is 1. The third-order valence-electron chi connectivity index (χ3n) is 3.88. The fraction of sp³-hybridized carbons (Fsp3) is 0.158. The number of rotatable bonds is 6. The molecule has 6 heteroatoms. The molecule has 1 aromatic heterocycles. The molecule has 0 fully saturated rings. The van der Waals surface area contributed by atoms with Crippen LogP contribution >= 0.6 is 0 Å². The third-order valence-corrected chi connectivity index (χ3v) is 3.88. The number of benzene rings is 2. The standard InChI is InChI=1S/C19H17N2O4/c1-2-25-19-10-9-15(12-17(19)21(23)24)18(22)13-20-11-5-7-14-6-3-4-8-16(14)20/h3-12H,2,13H2,1H3/q+1. The van der Waals surface area contributed by atoms with Gasteiger partial charge in [-0.25, -0.2) is 0 Å². The predicted octanol–water partition coefficient (Wildman–Crippen LogP) is 3.32. The summed E-state index contributed by atoms with van der Waals surface area (Å²) in [7, 11) is 0. The molecule has 25 heavy (non-hydrogen) atoms. The Kier molecular flexibility index (Phi) is 4.70. The molecule has 3 aromatic rings. The number of aromatic nitrogens is 1. The van der Waals surface area contributed by atoms with Gasteiger partial charge in [-0.2, -0.15) is 4.57 Å². The topological polar surface area (TPSA) is 73.3 Å². The Morgan fingerprint density at radius 3 is 2.68 bits per heavy atom. The van der Waals surface area contributed by atoms with E-state index in [1.165, 1.54) is 12.1 Å². The van der Waals surface area contributed by atoms with E-state index in [1.807, 2.05) is 47.2 Å². The van der Waals surface area contributed by atoms with Crippen molar-refractivity contribution < 1.29 is 19.0 Å². The molecule has 2 aromatic carbocycles. The van der Waals surface area contributed by atoms with E-state index in [2.05, 4.69) is 0 Å². The number of hydrogen-bond acceptors (Lipinski definition) is 4. The molecule has 0 aliphatic heterocycles. The van der Waals surface area contributed by atoms with Crippen molar-refractivity contribution in [2.45, 2.75) is 13.5 Å². The SMILES string of the molecule is CCOc1ccc(C(=O)C[n+]2cccc3ccccc32)cc1[N+](=O)[O-]. The zero-order valence-electron chi connectivity index (χ0n) is 13.7. The molecule has 1 heterocycles. The Hall–Kier alpha value is -3.28. The van der Waals surface area contributed by atoms with Crippen LogP contribution in [0.4, 0.5) is 5.69 Å². The molecule has 0 saturated heterocycles. The van der Waals surface area contributed by atoms with Crippen LogP contribution in [0.3, 0.4) is 0 Å². The van der Waals surface area contributed by atoms with Crippen LogP contribution in [0.2, 0.25) is 0 Å². The highest BCUT2D eigenvalue weighted by atomic mass is 16.6. The highest BCUT2D eigenvalue weighted by Gasteiger charge is 2.21. The lowest BCUT2D eigenvalue weighted by atomic mass is 10.1. The second-order valence-corrected chi connectivity index (χ2v) is 5.49. The Morgan fingerprint density at radius 2 is 1.92 bits per heavy atom.